The number of carboxylic acid groups (broad SMARTS) is 1. The summed E-state index contributed by atoms with van der Waals surface area (Å²) in [5.41, 5.74) is 0.157. The first-order chi connectivity index (χ1) is 7.79. The van der Waals surface area contributed by atoms with Crippen molar-refractivity contribution < 1.29 is 20.1 Å². The lowest BCUT2D eigenvalue weighted by Gasteiger charge is -2.23. The van der Waals surface area contributed by atoms with Gasteiger partial charge in [0.1, 0.15) is 11.9 Å². The SMILES string of the molecule is C=CC(C)(C)c1cc(C(O)C(=O)[O-])ccc1O. The highest BCUT2D eigenvalue weighted by Gasteiger charge is 2.22. The molecule has 0 saturated carbocycles. The van der Waals surface area contributed by atoms with E-state index in [9.17, 15) is 20.1 Å². The third-order valence-electron chi connectivity index (χ3n) is 2.76. The molecule has 1 atom stereocenters. The van der Waals surface area contributed by atoms with Crippen LogP contribution in [-0.4, -0.2) is 16.2 Å². The van der Waals surface area contributed by atoms with E-state index in [2.05, 4.69) is 6.58 Å². The highest BCUT2D eigenvalue weighted by molar-refractivity contribution is 5.72. The van der Waals surface area contributed by atoms with Crippen LogP contribution in [0.15, 0.2) is 30.9 Å². The highest BCUT2D eigenvalue weighted by Crippen LogP contribution is 2.33. The number of aliphatic carboxylic acids is 1. The fourth-order valence-corrected chi connectivity index (χ4v) is 1.49. The summed E-state index contributed by atoms with van der Waals surface area (Å²) in [7, 11) is 0. The summed E-state index contributed by atoms with van der Waals surface area (Å²) < 4.78 is 0. The zero-order valence-electron chi connectivity index (χ0n) is 9.80. The Labute approximate surface area is 99.8 Å². The molecule has 0 amide bonds. The second kappa shape index (κ2) is 4.59. The second-order valence-corrected chi connectivity index (χ2v) is 4.42. The quantitative estimate of drug-likeness (QED) is 0.750. The Hall–Kier alpha value is -1.81. The van der Waals surface area contributed by atoms with E-state index in [1.54, 1.807) is 6.08 Å². The van der Waals surface area contributed by atoms with Gasteiger partial charge >= 0.3 is 0 Å². The number of benzene rings is 1. The molecule has 17 heavy (non-hydrogen) atoms. The average molecular weight is 235 g/mol. The molecule has 1 aromatic rings. The number of hydrogen-bond acceptors (Lipinski definition) is 4. The third-order valence-corrected chi connectivity index (χ3v) is 2.76. The Morgan fingerprint density at radius 2 is 2.12 bits per heavy atom. The van der Waals surface area contributed by atoms with Crippen LogP contribution in [0.4, 0.5) is 0 Å². The lowest BCUT2D eigenvalue weighted by molar-refractivity contribution is -0.315. The first-order valence-corrected chi connectivity index (χ1v) is 5.15. The van der Waals surface area contributed by atoms with E-state index >= 15 is 0 Å². The van der Waals surface area contributed by atoms with Gasteiger partial charge in [-0.3, -0.25) is 0 Å². The highest BCUT2D eigenvalue weighted by atomic mass is 16.4. The minimum Gasteiger partial charge on any atom is -0.547 e. The van der Waals surface area contributed by atoms with Crippen LogP contribution in [0.2, 0.25) is 0 Å². The zero-order chi connectivity index (χ0) is 13.2. The van der Waals surface area contributed by atoms with E-state index in [1.807, 2.05) is 13.8 Å². The molecule has 0 aliphatic carbocycles. The third kappa shape index (κ3) is 2.65. The van der Waals surface area contributed by atoms with Crippen LogP contribution < -0.4 is 5.11 Å². The van der Waals surface area contributed by atoms with E-state index < -0.39 is 17.5 Å². The number of phenolic OH excluding ortho intramolecular Hbond substituents is 1. The predicted molar refractivity (Wildman–Crippen MR) is 61.3 cm³/mol. The summed E-state index contributed by atoms with van der Waals surface area (Å²) in [6.45, 7) is 7.30. The Morgan fingerprint density at radius 1 is 1.53 bits per heavy atom. The van der Waals surface area contributed by atoms with Crippen LogP contribution in [0.5, 0.6) is 5.75 Å². The molecule has 0 aromatic heterocycles. The van der Waals surface area contributed by atoms with Gasteiger partial charge in [0, 0.05) is 11.0 Å². The van der Waals surface area contributed by atoms with Crippen molar-refractivity contribution in [2.75, 3.05) is 0 Å². The monoisotopic (exact) mass is 235 g/mol. The molecule has 0 radical (unpaired) electrons. The van der Waals surface area contributed by atoms with Crippen LogP contribution in [0.25, 0.3) is 0 Å². The molecule has 1 unspecified atom stereocenters. The van der Waals surface area contributed by atoms with E-state index in [1.165, 1.54) is 18.2 Å². The molecular weight excluding hydrogens is 220 g/mol. The summed E-state index contributed by atoms with van der Waals surface area (Å²) in [5.74, 6) is -1.54. The smallest absolute Gasteiger partial charge is 0.119 e. The number of rotatable bonds is 4. The van der Waals surface area contributed by atoms with Crippen molar-refractivity contribution in [2.45, 2.75) is 25.4 Å². The van der Waals surface area contributed by atoms with Crippen LogP contribution in [0.3, 0.4) is 0 Å². The molecule has 0 aliphatic heterocycles. The fraction of sp³-hybridized carbons (Fsp3) is 0.308. The van der Waals surface area contributed by atoms with Crippen LogP contribution in [0.1, 0.15) is 31.1 Å². The van der Waals surface area contributed by atoms with Crippen molar-refractivity contribution in [1.82, 2.24) is 0 Å². The number of aliphatic hydroxyl groups is 1. The summed E-state index contributed by atoms with van der Waals surface area (Å²) in [6.07, 6.45) is -0.0630. The maximum absolute atomic E-state index is 10.6. The minimum atomic E-state index is -1.70. The molecule has 0 fully saturated rings. The van der Waals surface area contributed by atoms with Crippen molar-refractivity contribution in [3.05, 3.63) is 42.0 Å². The minimum absolute atomic E-state index is 0.0317. The normalized spacial score (nSPS) is 13.1. The molecule has 2 N–H and O–H groups in total. The van der Waals surface area contributed by atoms with Crippen molar-refractivity contribution in [2.24, 2.45) is 0 Å². The van der Waals surface area contributed by atoms with Gasteiger partial charge in [0.2, 0.25) is 0 Å². The van der Waals surface area contributed by atoms with Gasteiger partial charge in [-0.15, -0.1) is 6.58 Å². The van der Waals surface area contributed by atoms with E-state index in [-0.39, 0.29) is 11.3 Å². The maximum atomic E-state index is 10.6. The molecule has 0 saturated heterocycles. The van der Waals surface area contributed by atoms with Gasteiger partial charge in [0.25, 0.3) is 0 Å². The number of hydrogen-bond donors (Lipinski definition) is 2. The Morgan fingerprint density at radius 3 is 2.59 bits per heavy atom. The average Bonchev–Trinajstić information content (AvgIpc) is 2.28. The maximum Gasteiger partial charge on any atom is 0.119 e. The van der Waals surface area contributed by atoms with Crippen LogP contribution in [0, 0.1) is 0 Å². The van der Waals surface area contributed by atoms with Crippen molar-refractivity contribution >= 4 is 5.97 Å². The number of phenols is 1. The van der Waals surface area contributed by atoms with Gasteiger partial charge in [0.05, 0.1) is 5.97 Å². The largest absolute Gasteiger partial charge is 0.547 e. The fourth-order valence-electron chi connectivity index (χ4n) is 1.49. The summed E-state index contributed by atoms with van der Waals surface area (Å²) >= 11 is 0. The molecule has 0 aliphatic rings. The lowest BCUT2D eigenvalue weighted by Crippen LogP contribution is -2.29. The second-order valence-electron chi connectivity index (χ2n) is 4.42. The molecular formula is C13H15O4-. The molecule has 0 bridgehead atoms. The summed E-state index contributed by atoms with van der Waals surface area (Å²) in [5, 5.41) is 29.7. The molecule has 92 valence electrons. The standard InChI is InChI=1S/C13H16O4/c1-4-13(2,3)9-7-8(5-6-10(9)14)11(15)12(16)17/h4-7,11,14-15H,1H2,2-3H3,(H,16,17)/p-1. The predicted octanol–water partition coefficient (Wildman–Crippen LogP) is 0.639. The topological polar surface area (TPSA) is 80.6 Å². The van der Waals surface area contributed by atoms with Gasteiger partial charge in [-0.05, 0) is 17.7 Å². The van der Waals surface area contributed by atoms with Gasteiger partial charge in [-0.1, -0.05) is 26.0 Å². The van der Waals surface area contributed by atoms with E-state index in [0.717, 1.165) is 0 Å². The number of allylic oxidation sites excluding steroid dienone is 1. The van der Waals surface area contributed by atoms with Crippen LogP contribution in [-0.2, 0) is 10.2 Å². The molecule has 1 rings (SSSR count). The summed E-state index contributed by atoms with van der Waals surface area (Å²) in [4.78, 5) is 10.6. The van der Waals surface area contributed by atoms with Gasteiger partial charge in [0.15, 0.2) is 0 Å². The summed E-state index contributed by atoms with van der Waals surface area (Å²) in [6, 6.07) is 4.14. The number of carboxylic acids is 1. The van der Waals surface area contributed by atoms with Crippen molar-refractivity contribution in [1.29, 1.82) is 0 Å². The Balaban J connectivity index is 3.29. The Kier molecular flexibility index (Phi) is 3.58. The number of carbonyl (C=O) groups excluding carboxylic acids is 1. The first kappa shape index (κ1) is 13.3. The number of aliphatic hydroxyl groups excluding tert-OH is 1. The number of carbonyl (C=O) groups is 1. The molecule has 0 heterocycles. The van der Waals surface area contributed by atoms with Crippen LogP contribution >= 0.6 is 0 Å². The molecule has 4 nitrogen and oxygen atoms in total. The van der Waals surface area contributed by atoms with E-state index in [0.29, 0.717) is 5.56 Å². The first-order valence-electron chi connectivity index (χ1n) is 5.15. The lowest BCUT2D eigenvalue weighted by atomic mass is 9.83. The Bertz CT molecular complexity index is 449. The van der Waals surface area contributed by atoms with Gasteiger partial charge in [-0.2, -0.15) is 0 Å². The number of aromatic hydroxyl groups is 1. The van der Waals surface area contributed by atoms with Gasteiger partial charge < -0.3 is 20.1 Å². The van der Waals surface area contributed by atoms with Gasteiger partial charge in [-0.25, -0.2) is 0 Å². The van der Waals surface area contributed by atoms with E-state index in [4.69, 9.17) is 0 Å². The molecule has 1 aromatic carbocycles. The van der Waals surface area contributed by atoms with Crippen molar-refractivity contribution in [3.63, 3.8) is 0 Å². The zero-order valence-corrected chi connectivity index (χ0v) is 9.80. The van der Waals surface area contributed by atoms with Crippen molar-refractivity contribution in [3.8, 4) is 5.75 Å². The molecule has 4 heteroatoms. The molecule has 0 spiro atoms.